The van der Waals surface area contributed by atoms with Crippen LogP contribution in [-0.4, -0.2) is 38.1 Å². The second-order valence-corrected chi connectivity index (χ2v) is 8.05. The highest BCUT2D eigenvalue weighted by atomic mass is 16.5. The van der Waals surface area contributed by atoms with Gasteiger partial charge in [0, 0.05) is 37.3 Å². The third kappa shape index (κ3) is 4.55. The molecule has 3 heterocycles. The number of carbonyl (C=O) groups excluding carboxylic acids is 2. The molecule has 0 radical (unpaired) electrons. The van der Waals surface area contributed by atoms with Crippen LogP contribution >= 0.6 is 0 Å². The number of amides is 2. The van der Waals surface area contributed by atoms with Gasteiger partial charge < -0.3 is 15.0 Å². The van der Waals surface area contributed by atoms with E-state index in [1.54, 1.807) is 23.5 Å². The number of hydrogen-bond donors (Lipinski definition) is 2. The molecule has 0 bridgehead atoms. The predicted octanol–water partition coefficient (Wildman–Crippen LogP) is 3.34. The second kappa shape index (κ2) is 9.12. The molecule has 2 N–H and O–H groups in total. The van der Waals surface area contributed by atoms with Gasteiger partial charge >= 0.3 is 6.09 Å². The van der Waals surface area contributed by atoms with Gasteiger partial charge in [-0.2, -0.15) is 5.10 Å². The summed E-state index contributed by atoms with van der Waals surface area (Å²) in [5.41, 5.74) is 4.80. The number of alkyl carbamates (subject to hydrolysis) is 1. The summed E-state index contributed by atoms with van der Waals surface area (Å²) >= 11 is 0. The lowest BCUT2D eigenvalue weighted by Gasteiger charge is -2.25. The van der Waals surface area contributed by atoms with Crippen molar-refractivity contribution in [3.8, 4) is 0 Å². The Morgan fingerprint density at radius 3 is 2.73 bits per heavy atom. The molecule has 8 nitrogen and oxygen atoms in total. The van der Waals surface area contributed by atoms with Crippen molar-refractivity contribution in [2.24, 2.45) is 0 Å². The number of fused-ring (bicyclic) bond motifs is 3. The van der Waals surface area contributed by atoms with Crippen molar-refractivity contribution in [1.82, 2.24) is 25.4 Å². The highest BCUT2D eigenvalue weighted by Crippen LogP contribution is 2.28. The van der Waals surface area contributed by atoms with Crippen molar-refractivity contribution in [3.05, 3.63) is 95.4 Å². The summed E-state index contributed by atoms with van der Waals surface area (Å²) in [7, 11) is 0. The molecule has 5 rings (SSSR count). The topological polar surface area (TPSA) is 100 Å². The fourth-order valence-electron chi connectivity index (χ4n) is 4.16. The Morgan fingerprint density at radius 1 is 1.09 bits per heavy atom. The minimum Gasteiger partial charge on any atom is -0.445 e. The molecule has 1 aliphatic rings. The van der Waals surface area contributed by atoms with Gasteiger partial charge in [-0.15, -0.1) is 0 Å². The summed E-state index contributed by atoms with van der Waals surface area (Å²) in [5, 5.41) is 10.9. The van der Waals surface area contributed by atoms with Crippen LogP contribution in [-0.2, 0) is 35.6 Å². The summed E-state index contributed by atoms with van der Waals surface area (Å²) in [5.74, 6) is -0.156. The molecule has 0 saturated carbocycles. The van der Waals surface area contributed by atoms with Gasteiger partial charge in [0.15, 0.2) is 0 Å². The number of pyridine rings is 1. The van der Waals surface area contributed by atoms with Gasteiger partial charge in [-0.3, -0.25) is 14.9 Å². The Hall–Kier alpha value is -4.20. The molecule has 2 aromatic carbocycles. The molecule has 0 fully saturated rings. The maximum Gasteiger partial charge on any atom is 0.408 e. The van der Waals surface area contributed by atoms with Gasteiger partial charge in [-0.25, -0.2) is 4.79 Å². The van der Waals surface area contributed by atoms with E-state index in [2.05, 4.69) is 20.5 Å². The van der Waals surface area contributed by atoms with Crippen molar-refractivity contribution in [2.45, 2.75) is 32.2 Å². The van der Waals surface area contributed by atoms with Gasteiger partial charge in [-0.1, -0.05) is 36.4 Å². The van der Waals surface area contributed by atoms with Crippen LogP contribution in [0.4, 0.5) is 4.79 Å². The monoisotopic (exact) mass is 441 g/mol. The zero-order valence-electron chi connectivity index (χ0n) is 17.9. The molecule has 2 amide bonds. The minimum atomic E-state index is -0.735. The number of carbonyl (C=O) groups is 2. The van der Waals surface area contributed by atoms with Gasteiger partial charge in [0.25, 0.3) is 0 Å². The number of nitrogens with one attached hydrogen (secondary N) is 2. The first kappa shape index (κ1) is 20.7. The third-order valence-electron chi connectivity index (χ3n) is 5.84. The third-order valence-corrected chi connectivity index (χ3v) is 5.84. The molecule has 1 aliphatic heterocycles. The molecule has 1 atom stereocenters. The molecule has 0 aliphatic carbocycles. The molecule has 2 aromatic heterocycles. The molecular formula is C25H23N5O3. The lowest BCUT2D eigenvalue weighted by Crippen LogP contribution is -2.48. The van der Waals surface area contributed by atoms with Gasteiger partial charge in [0.1, 0.15) is 12.6 Å². The maximum absolute atomic E-state index is 13.5. The Labute approximate surface area is 190 Å². The van der Waals surface area contributed by atoms with E-state index >= 15 is 0 Å². The number of rotatable bonds is 5. The molecule has 0 saturated heterocycles. The van der Waals surface area contributed by atoms with Crippen LogP contribution in [0, 0.1) is 0 Å². The standard InChI is InChI=1S/C25H23N5O3/c31-24-23(28-25(32)33-16-18-4-2-1-3-5-18)12-19-6-7-22-20(13-27-29-22)21(19)15-30(24)14-17-8-10-26-11-9-17/h1-11,13,23H,12,14-16H2,(H,27,29)(H,28,32). The fraction of sp³-hybridized carbons (Fsp3) is 0.200. The molecule has 1 unspecified atom stereocenters. The number of nitrogens with zero attached hydrogens (tertiary/aromatic N) is 3. The van der Waals surface area contributed by atoms with Crippen molar-refractivity contribution in [3.63, 3.8) is 0 Å². The number of benzene rings is 2. The summed E-state index contributed by atoms with van der Waals surface area (Å²) in [6.07, 6.45) is 4.95. The molecular weight excluding hydrogens is 418 g/mol. The molecule has 0 spiro atoms. The first-order valence-corrected chi connectivity index (χ1v) is 10.8. The SMILES string of the molecule is O=C(NC1Cc2ccc3[nH]ncc3c2CN(Cc2ccncc2)C1=O)OCc1ccccc1. The van der Waals surface area contributed by atoms with Crippen molar-refractivity contribution < 1.29 is 14.3 Å². The summed E-state index contributed by atoms with van der Waals surface area (Å²) in [4.78, 5) is 31.9. The van der Waals surface area contributed by atoms with Crippen molar-refractivity contribution >= 4 is 22.9 Å². The Bertz CT molecular complexity index is 1270. The van der Waals surface area contributed by atoms with Crippen LogP contribution in [0.3, 0.4) is 0 Å². The van der Waals surface area contributed by atoms with Crippen LogP contribution in [0.25, 0.3) is 10.9 Å². The Balaban J connectivity index is 1.40. The van der Waals surface area contributed by atoms with Gasteiger partial charge in [-0.05, 0) is 40.5 Å². The van der Waals surface area contributed by atoms with E-state index in [9.17, 15) is 9.59 Å². The number of H-pyrrole nitrogens is 1. The van der Waals surface area contributed by atoms with Gasteiger partial charge in [0.05, 0.1) is 11.7 Å². The van der Waals surface area contributed by atoms with E-state index in [1.807, 2.05) is 54.6 Å². The van der Waals surface area contributed by atoms with E-state index in [1.165, 1.54) is 0 Å². The Kier molecular flexibility index (Phi) is 5.72. The largest absolute Gasteiger partial charge is 0.445 e. The first-order valence-electron chi connectivity index (χ1n) is 10.8. The average Bonchev–Trinajstić information content (AvgIpc) is 3.28. The molecule has 33 heavy (non-hydrogen) atoms. The smallest absolute Gasteiger partial charge is 0.408 e. The molecule has 4 aromatic rings. The number of hydrogen-bond acceptors (Lipinski definition) is 5. The van der Waals surface area contributed by atoms with Crippen LogP contribution in [0.2, 0.25) is 0 Å². The zero-order chi connectivity index (χ0) is 22.6. The fourth-order valence-corrected chi connectivity index (χ4v) is 4.16. The van der Waals surface area contributed by atoms with E-state index < -0.39 is 12.1 Å². The van der Waals surface area contributed by atoms with Crippen molar-refractivity contribution in [2.75, 3.05) is 0 Å². The first-order chi connectivity index (χ1) is 16.2. The summed E-state index contributed by atoms with van der Waals surface area (Å²) in [6, 6.07) is 16.4. The van der Waals surface area contributed by atoms with E-state index in [-0.39, 0.29) is 12.5 Å². The van der Waals surface area contributed by atoms with Crippen LogP contribution in [0.1, 0.15) is 22.3 Å². The summed E-state index contributed by atoms with van der Waals surface area (Å²) < 4.78 is 5.38. The summed E-state index contributed by atoms with van der Waals surface area (Å²) in [6.45, 7) is 0.970. The van der Waals surface area contributed by atoms with Crippen LogP contribution < -0.4 is 5.32 Å². The highest BCUT2D eigenvalue weighted by molar-refractivity contribution is 5.89. The Morgan fingerprint density at radius 2 is 1.91 bits per heavy atom. The van der Waals surface area contributed by atoms with Crippen LogP contribution in [0.15, 0.2) is 73.2 Å². The lowest BCUT2D eigenvalue weighted by molar-refractivity contribution is -0.134. The predicted molar refractivity (Wildman–Crippen MR) is 122 cm³/mol. The van der Waals surface area contributed by atoms with Crippen LogP contribution in [0.5, 0.6) is 0 Å². The number of ether oxygens (including phenoxy) is 1. The normalized spacial score (nSPS) is 15.7. The lowest BCUT2D eigenvalue weighted by atomic mass is 9.99. The number of aromatic nitrogens is 3. The second-order valence-electron chi connectivity index (χ2n) is 8.05. The van der Waals surface area contributed by atoms with E-state index in [0.717, 1.165) is 33.2 Å². The quantitative estimate of drug-likeness (QED) is 0.495. The highest BCUT2D eigenvalue weighted by Gasteiger charge is 2.32. The zero-order valence-corrected chi connectivity index (χ0v) is 17.9. The average molecular weight is 441 g/mol. The van der Waals surface area contributed by atoms with E-state index in [4.69, 9.17) is 4.74 Å². The number of aromatic amines is 1. The van der Waals surface area contributed by atoms with Crippen molar-refractivity contribution in [1.29, 1.82) is 0 Å². The van der Waals surface area contributed by atoms with Gasteiger partial charge in [0.2, 0.25) is 5.91 Å². The minimum absolute atomic E-state index is 0.139. The van der Waals surface area contributed by atoms with E-state index in [0.29, 0.717) is 19.5 Å². The molecule has 166 valence electrons. The maximum atomic E-state index is 13.5. The molecule has 8 heteroatoms.